The summed E-state index contributed by atoms with van der Waals surface area (Å²) in [6.45, 7) is 6.28. The topological polar surface area (TPSA) is 43.6 Å². The SMILES string of the molecule is CC(C)(C)n1cc(/C=C/c2cccnc2)nn1. The first kappa shape index (κ1) is 11.5. The summed E-state index contributed by atoms with van der Waals surface area (Å²) in [7, 11) is 0. The van der Waals surface area contributed by atoms with Crippen LogP contribution in [0.5, 0.6) is 0 Å². The maximum atomic E-state index is 4.10. The summed E-state index contributed by atoms with van der Waals surface area (Å²) in [5.41, 5.74) is 1.87. The van der Waals surface area contributed by atoms with E-state index >= 15 is 0 Å². The maximum absolute atomic E-state index is 4.10. The molecule has 4 nitrogen and oxygen atoms in total. The largest absolute Gasteiger partial charge is 0.264 e. The normalized spacial score (nSPS) is 12.2. The van der Waals surface area contributed by atoms with Crippen LogP contribution < -0.4 is 0 Å². The van der Waals surface area contributed by atoms with Gasteiger partial charge in [0.1, 0.15) is 5.69 Å². The second-order valence-corrected chi connectivity index (χ2v) is 4.88. The molecule has 0 amide bonds. The third-order valence-corrected chi connectivity index (χ3v) is 2.33. The highest BCUT2D eigenvalue weighted by molar-refractivity contribution is 5.66. The molecule has 0 fully saturated rings. The zero-order valence-electron chi connectivity index (χ0n) is 10.3. The van der Waals surface area contributed by atoms with E-state index in [1.807, 2.05) is 41.4 Å². The van der Waals surface area contributed by atoms with E-state index in [2.05, 4.69) is 36.1 Å². The molecule has 2 heterocycles. The van der Waals surface area contributed by atoms with Crippen molar-refractivity contribution in [2.24, 2.45) is 0 Å². The number of hydrogen-bond donors (Lipinski definition) is 0. The van der Waals surface area contributed by atoms with Gasteiger partial charge in [-0.3, -0.25) is 4.98 Å². The highest BCUT2D eigenvalue weighted by atomic mass is 15.4. The van der Waals surface area contributed by atoms with E-state index in [1.165, 1.54) is 0 Å². The smallest absolute Gasteiger partial charge is 0.105 e. The third-order valence-electron chi connectivity index (χ3n) is 2.33. The Hall–Kier alpha value is -1.97. The van der Waals surface area contributed by atoms with E-state index in [4.69, 9.17) is 0 Å². The summed E-state index contributed by atoms with van der Waals surface area (Å²) >= 11 is 0. The molecule has 0 unspecified atom stereocenters. The van der Waals surface area contributed by atoms with Crippen LogP contribution in [0.4, 0.5) is 0 Å². The molecule has 2 aromatic heterocycles. The van der Waals surface area contributed by atoms with Gasteiger partial charge in [0.15, 0.2) is 0 Å². The fraction of sp³-hybridized carbons (Fsp3) is 0.308. The van der Waals surface area contributed by atoms with E-state index in [-0.39, 0.29) is 5.54 Å². The van der Waals surface area contributed by atoms with E-state index in [9.17, 15) is 0 Å². The van der Waals surface area contributed by atoms with Gasteiger partial charge in [-0.2, -0.15) is 0 Å². The Morgan fingerprint density at radius 1 is 1.24 bits per heavy atom. The van der Waals surface area contributed by atoms with Crippen LogP contribution in [0.3, 0.4) is 0 Å². The molecule has 17 heavy (non-hydrogen) atoms. The van der Waals surface area contributed by atoms with Crippen LogP contribution in [0, 0.1) is 0 Å². The van der Waals surface area contributed by atoms with E-state index < -0.39 is 0 Å². The molecule has 0 spiro atoms. The first-order valence-electron chi connectivity index (χ1n) is 5.57. The average Bonchev–Trinajstić information content (AvgIpc) is 2.76. The second kappa shape index (κ2) is 4.49. The molecule has 0 atom stereocenters. The van der Waals surface area contributed by atoms with Crippen LogP contribution in [0.2, 0.25) is 0 Å². The van der Waals surface area contributed by atoms with Gasteiger partial charge in [-0.25, -0.2) is 4.68 Å². The van der Waals surface area contributed by atoms with Crippen molar-refractivity contribution in [3.05, 3.63) is 42.0 Å². The van der Waals surface area contributed by atoms with Crippen molar-refractivity contribution < 1.29 is 0 Å². The average molecular weight is 228 g/mol. The lowest BCUT2D eigenvalue weighted by molar-refractivity contribution is 0.347. The van der Waals surface area contributed by atoms with Crippen molar-refractivity contribution >= 4 is 12.2 Å². The minimum atomic E-state index is -0.0343. The molecule has 4 heteroatoms. The Morgan fingerprint density at radius 2 is 2.06 bits per heavy atom. The first-order valence-corrected chi connectivity index (χ1v) is 5.57. The summed E-state index contributed by atoms with van der Waals surface area (Å²) in [5.74, 6) is 0. The number of rotatable bonds is 2. The van der Waals surface area contributed by atoms with Gasteiger partial charge in [0.2, 0.25) is 0 Å². The lowest BCUT2D eigenvalue weighted by atomic mass is 10.1. The Kier molecular flexibility index (Phi) is 3.04. The molecule has 0 bridgehead atoms. The quantitative estimate of drug-likeness (QED) is 0.793. The summed E-state index contributed by atoms with van der Waals surface area (Å²) in [6.07, 6.45) is 9.42. The summed E-state index contributed by atoms with van der Waals surface area (Å²) in [5, 5.41) is 8.20. The fourth-order valence-electron chi connectivity index (χ4n) is 1.34. The van der Waals surface area contributed by atoms with Crippen LogP contribution in [-0.2, 0) is 5.54 Å². The van der Waals surface area contributed by atoms with Crippen LogP contribution in [0.25, 0.3) is 12.2 Å². The molecule has 0 aliphatic carbocycles. The number of nitrogens with zero attached hydrogens (tertiary/aromatic N) is 4. The molecule has 0 aliphatic rings. The van der Waals surface area contributed by atoms with E-state index in [0.717, 1.165) is 11.3 Å². The zero-order valence-corrected chi connectivity index (χ0v) is 10.3. The van der Waals surface area contributed by atoms with E-state index in [0.29, 0.717) is 0 Å². The molecule has 2 rings (SSSR count). The molecule has 0 saturated carbocycles. The van der Waals surface area contributed by atoms with Crippen molar-refractivity contribution in [3.63, 3.8) is 0 Å². The Bertz CT molecular complexity index is 506. The van der Waals surface area contributed by atoms with Crippen molar-refractivity contribution in [2.45, 2.75) is 26.3 Å². The first-order chi connectivity index (χ1) is 8.05. The highest BCUT2D eigenvalue weighted by Crippen LogP contribution is 2.12. The Morgan fingerprint density at radius 3 is 2.65 bits per heavy atom. The van der Waals surface area contributed by atoms with Gasteiger partial charge in [0.25, 0.3) is 0 Å². The van der Waals surface area contributed by atoms with Gasteiger partial charge in [-0.15, -0.1) is 5.10 Å². The zero-order chi connectivity index (χ0) is 12.3. The van der Waals surface area contributed by atoms with E-state index in [1.54, 1.807) is 6.20 Å². The standard InChI is InChI=1S/C13H16N4/c1-13(2,3)17-10-12(15-16-17)7-6-11-5-4-8-14-9-11/h4-10H,1-3H3/b7-6+. The van der Waals surface area contributed by atoms with Gasteiger partial charge >= 0.3 is 0 Å². The van der Waals surface area contributed by atoms with Gasteiger partial charge in [0.05, 0.1) is 11.7 Å². The van der Waals surface area contributed by atoms with Gasteiger partial charge < -0.3 is 0 Å². The summed E-state index contributed by atoms with van der Waals surface area (Å²) in [6, 6.07) is 3.91. The van der Waals surface area contributed by atoms with Crippen molar-refractivity contribution in [1.29, 1.82) is 0 Å². The van der Waals surface area contributed by atoms with Crippen LogP contribution in [0.1, 0.15) is 32.0 Å². The van der Waals surface area contributed by atoms with Crippen LogP contribution in [-0.4, -0.2) is 20.0 Å². The molecule has 0 saturated heterocycles. The molecule has 0 aliphatic heterocycles. The van der Waals surface area contributed by atoms with Crippen LogP contribution in [0.15, 0.2) is 30.7 Å². The highest BCUT2D eigenvalue weighted by Gasteiger charge is 2.13. The molecule has 88 valence electrons. The maximum Gasteiger partial charge on any atom is 0.105 e. The lowest BCUT2D eigenvalue weighted by Crippen LogP contribution is -2.22. The Balaban J connectivity index is 2.15. The molecule has 0 radical (unpaired) electrons. The van der Waals surface area contributed by atoms with Gasteiger partial charge in [-0.05, 0) is 38.5 Å². The van der Waals surface area contributed by atoms with Crippen molar-refractivity contribution in [1.82, 2.24) is 20.0 Å². The second-order valence-electron chi connectivity index (χ2n) is 4.88. The minimum absolute atomic E-state index is 0.0343. The predicted molar refractivity (Wildman–Crippen MR) is 68.2 cm³/mol. The van der Waals surface area contributed by atoms with Gasteiger partial charge in [-0.1, -0.05) is 17.4 Å². The van der Waals surface area contributed by atoms with Gasteiger partial charge in [0, 0.05) is 12.4 Å². The summed E-state index contributed by atoms with van der Waals surface area (Å²) in [4.78, 5) is 4.05. The molecular weight excluding hydrogens is 212 g/mol. The molecule has 0 aromatic carbocycles. The predicted octanol–water partition coefficient (Wildman–Crippen LogP) is 2.60. The van der Waals surface area contributed by atoms with Crippen molar-refractivity contribution in [3.8, 4) is 0 Å². The Labute approximate surface area is 101 Å². The molecular formula is C13H16N4. The number of hydrogen-bond acceptors (Lipinski definition) is 3. The summed E-state index contributed by atoms with van der Waals surface area (Å²) < 4.78 is 1.86. The van der Waals surface area contributed by atoms with Crippen molar-refractivity contribution in [2.75, 3.05) is 0 Å². The molecule has 2 aromatic rings. The van der Waals surface area contributed by atoms with Crippen LogP contribution >= 0.6 is 0 Å². The fourth-order valence-corrected chi connectivity index (χ4v) is 1.34. The number of aromatic nitrogens is 4. The minimum Gasteiger partial charge on any atom is -0.264 e. The lowest BCUT2D eigenvalue weighted by Gasteiger charge is -2.17. The third kappa shape index (κ3) is 3.00. The molecule has 0 N–H and O–H groups in total. The number of pyridine rings is 1. The monoisotopic (exact) mass is 228 g/mol.